The molecule has 8 nitrogen and oxygen atoms in total. The van der Waals surface area contributed by atoms with E-state index in [4.69, 9.17) is 9.97 Å². The summed E-state index contributed by atoms with van der Waals surface area (Å²) in [6.07, 6.45) is 9.38. The molecule has 1 aromatic carbocycles. The van der Waals surface area contributed by atoms with Crippen molar-refractivity contribution in [3.63, 3.8) is 0 Å². The number of para-hydroxylation sites is 1. The molecule has 0 radical (unpaired) electrons. The number of nitrogens with zero attached hydrogens (tertiary/aromatic N) is 5. The van der Waals surface area contributed by atoms with Gasteiger partial charge in [-0.1, -0.05) is 12.1 Å². The van der Waals surface area contributed by atoms with E-state index < -0.39 is 0 Å². The van der Waals surface area contributed by atoms with Gasteiger partial charge in [0.05, 0.1) is 22.1 Å². The summed E-state index contributed by atoms with van der Waals surface area (Å²) in [7, 11) is 0. The van der Waals surface area contributed by atoms with Crippen molar-refractivity contribution < 1.29 is 0 Å². The summed E-state index contributed by atoms with van der Waals surface area (Å²) in [5.41, 5.74) is 2.63. The van der Waals surface area contributed by atoms with Crippen LogP contribution in [0.4, 0.5) is 11.5 Å². The van der Waals surface area contributed by atoms with Crippen LogP contribution in [0.1, 0.15) is 31.7 Å². The average Bonchev–Trinajstić information content (AvgIpc) is 3.34. The third kappa shape index (κ3) is 4.53. The van der Waals surface area contributed by atoms with Gasteiger partial charge in [-0.05, 0) is 56.5 Å². The molecule has 3 aromatic heterocycles. The number of nitrogens with one attached hydrogen (secondary N) is 2. The van der Waals surface area contributed by atoms with E-state index in [1.807, 2.05) is 35.0 Å². The first-order valence-corrected chi connectivity index (χ1v) is 13.2. The molecule has 0 aliphatic carbocycles. The quantitative estimate of drug-likeness (QED) is 0.441. The number of benzene rings is 1. The van der Waals surface area contributed by atoms with Crippen LogP contribution in [0.15, 0.2) is 59.9 Å². The van der Waals surface area contributed by atoms with Gasteiger partial charge in [0, 0.05) is 37.9 Å². The maximum absolute atomic E-state index is 14.0. The van der Waals surface area contributed by atoms with Crippen LogP contribution in [0, 0.1) is 0 Å². The zero-order chi connectivity index (χ0) is 23.6. The van der Waals surface area contributed by atoms with Crippen LogP contribution in [0.5, 0.6) is 0 Å². The van der Waals surface area contributed by atoms with E-state index in [0.717, 1.165) is 72.8 Å². The van der Waals surface area contributed by atoms with Crippen LogP contribution < -0.4 is 21.1 Å². The van der Waals surface area contributed by atoms with Crippen LogP contribution in [-0.4, -0.2) is 51.7 Å². The molecule has 5 heterocycles. The second-order valence-corrected chi connectivity index (χ2v) is 10.3. The minimum Gasteiger partial charge on any atom is -0.370 e. The average molecular weight is 488 g/mol. The fraction of sp³-hybridized carbons (Fsp3) is 0.385. The molecule has 180 valence electrons. The van der Waals surface area contributed by atoms with Gasteiger partial charge in [0.25, 0.3) is 5.56 Å². The van der Waals surface area contributed by atoms with Crippen molar-refractivity contribution in [1.29, 1.82) is 0 Å². The molecule has 1 atom stereocenters. The van der Waals surface area contributed by atoms with Gasteiger partial charge < -0.3 is 15.5 Å². The molecule has 2 aliphatic heterocycles. The number of fused-ring (bicyclic) bond motifs is 1. The second-order valence-electron chi connectivity index (χ2n) is 9.28. The topological polar surface area (TPSA) is 88.0 Å². The second kappa shape index (κ2) is 9.75. The summed E-state index contributed by atoms with van der Waals surface area (Å²) < 4.78 is 2.92. The number of rotatable bonds is 5. The van der Waals surface area contributed by atoms with Crippen LogP contribution >= 0.6 is 11.3 Å². The SMILES string of the molecule is O=c1c(-c2nc3ccccc3s2)c(NC2CCCNC2)ncn1C1CCN(c2cccnc2)CC1. The normalized spacial score (nSPS) is 19.2. The minimum absolute atomic E-state index is 0.00912. The molecule has 0 saturated carbocycles. The predicted molar refractivity (Wildman–Crippen MR) is 141 cm³/mol. The fourth-order valence-corrected chi connectivity index (χ4v) is 6.12. The van der Waals surface area contributed by atoms with E-state index in [0.29, 0.717) is 11.4 Å². The van der Waals surface area contributed by atoms with Gasteiger partial charge in [0.15, 0.2) is 0 Å². The van der Waals surface area contributed by atoms with Gasteiger partial charge in [-0.2, -0.15) is 0 Å². The molecule has 4 aromatic rings. The molecule has 0 bridgehead atoms. The first kappa shape index (κ1) is 22.2. The maximum Gasteiger partial charge on any atom is 0.266 e. The Morgan fingerprint density at radius 1 is 1.09 bits per heavy atom. The van der Waals surface area contributed by atoms with Gasteiger partial charge in [-0.15, -0.1) is 11.3 Å². The van der Waals surface area contributed by atoms with Crippen molar-refractivity contribution in [3.8, 4) is 10.6 Å². The molecule has 2 aliphatic rings. The Hall–Kier alpha value is -3.30. The molecule has 0 spiro atoms. The van der Waals surface area contributed by atoms with Gasteiger partial charge in [-0.25, -0.2) is 9.97 Å². The lowest BCUT2D eigenvalue weighted by molar-refractivity contribution is 0.384. The lowest BCUT2D eigenvalue weighted by Crippen LogP contribution is -2.40. The maximum atomic E-state index is 14.0. The van der Waals surface area contributed by atoms with E-state index in [-0.39, 0.29) is 17.6 Å². The van der Waals surface area contributed by atoms with E-state index >= 15 is 0 Å². The summed E-state index contributed by atoms with van der Waals surface area (Å²) in [6, 6.07) is 12.5. The highest BCUT2D eigenvalue weighted by molar-refractivity contribution is 7.21. The highest BCUT2D eigenvalue weighted by Gasteiger charge is 2.26. The largest absolute Gasteiger partial charge is 0.370 e. The third-order valence-corrected chi connectivity index (χ3v) is 8.06. The molecular formula is C26H29N7OS. The third-order valence-electron chi connectivity index (χ3n) is 7.01. The summed E-state index contributed by atoms with van der Waals surface area (Å²) in [4.78, 5) is 30.2. The minimum atomic E-state index is -0.00912. The van der Waals surface area contributed by atoms with Crippen LogP contribution in [0.2, 0.25) is 0 Å². The number of piperidine rings is 2. The fourth-order valence-electron chi connectivity index (χ4n) is 5.12. The molecule has 9 heteroatoms. The first-order chi connectivity index (χ1) is 17.3. The standard InChI is InChI=1S/C26H29N7OS/c34-26-23(25-31-21-7-1-2-8-22(21)35-25)24(30-18-5-3-11-27-15-18)29-17-33(26)19-9-13-32(14-10-19)20-6-4-12-28-16-20/h1-2,4,6-8,12,16-19,27,30H,3,5,9-11,13-15H2. The number of hydrogen-bond donors (Lipinski definition) is 2. The Bertz CT molecular complexity index is 1320. The summed E-state index contributed by atoms with van der Waals surface area (Å²) in [5.74, 6) is 0.645. The van der Waals surface area contributed by atoms with Crippen molar-refractivity contribution in [2.45, 2.75) is 37.8 Å². The summed E-state index contributed by atoms with van der Waals surface area (Å²) in [6.45, 7) is 3.67. The zero-order valence-electron chi connectivity index (χ0n) is 19.6. The van der Waals surface area contributed by atoms with E-state index in [1.165, 1.54) is 0 Å². The molecule has 0 amide bonds. The van der Waals surface area contributed by atoms with Crippen molar-refractivity contribution in [3.05, 3.63) is 65.5 Å². The van der Waals surface area contributed by atoms with Crippen molar-refractivity contribution in [2.24, 2.45) is 0 Å². The highest BCUT2D eigenvalue weighted by atomic mass is 32.1. The number of thiazole rings is 1. The molecule has 35 heavy (non-hydrogen) atoms. The molecule has 2 N–H and O–H groups in total. The molecule has 2 saturated heterocycles. The lowest BCUT2D eigenvalue weighted by Gasteiger charge is -2.34. The van der Waals surface area contributed by atoms with Gasteiger partial charge in [-0.3, -0.25) is 14.3 Å². The Kier molecular flexibility index (Phi) is 6.18. The van der Waals surface area contributed by atoms with Crippen molar-refractivity contribution in [1.82, 2.24) is 24.8 Å². The van der Waals surface area contributed by atoms with Crippen LogP contribution in [-0.2, 0) is 0 Å². The van der Waals surface area contributed by atoms with Gasteiger partial charge in [0.2, 0.25) is 0 Å². The van der Waals surface area contributed by atoms with Crippen LogP contribution in [0.25, 0.3) is 20.8 Å². The highest BCUT2D eigenvalue weighted by Crippen LogP contribution is 2.33. The zero-order valence-corrected chi connectivity index (χ0v) is 20.4. The number of anilines is 2. The van der Waals surface area contributed by atoms with Crippen molar-refractivity contribution in [2.75, 3.05) is 36.4 Å². The van der Waals surface area contributed by atoms with E-state index in [1.54, 1.807) is 23.9 Å². The Balaban J connectivity index is 1.33. The summed E-state index contributed by atoms with van der Waals surface area (Å²) >= 11 is 1.56. The van der Waals surface area contributed by atoms with Gasteiger partial charge in [0.1, 0.15) is 22.7 Å². The Morgan fingerprint density at radius 2 is 1.97 bits per heavy atom. The molecule has 1 unspecified atom stereocenters. The Labute approximate surface area is 208 Å². The smallest absolute Gasteiger partial charge is 0.266 e. The molecule has 2 fully saturated rings. The lowest BCUT2D eigenvalue weighted by atomic mass is 10.0. The monoisotopic (exact) mass is 487 g/mol. The van der Waals surface area contributed by atoms with Crippen molar-refractivity contribution >= 4 is 33.1 Å². The first-order valence-electron chi connectivity index (χ1n) is 12.4. The predicted octanol–water partition coefficient (Wildman–Crippen LogP) is 3.92. The number of aromatic nitrogens is 4. The number of hydrogen-bond acceptors (Lipinski definition) is 8. The van der Waals surface area contributed by atoms with E-state index in [2.05, 4.69) is 32.7 Å². The molecular weight excluding hydrogens is 458 g/mol. The van der Waals surface area contributed by atoms with Gasteiger partial charge >= 0.3 is 0 Å². The van der Waals surface area contributed by atoms with Crippen LogP contribution in [0.3, 0.4) is 0 Å². The number of pyridine rings is 1. The van der Waals surface area contributed by atoms with E-state index in [9.17, 15) is 4.79 Å². The molecule has 6 rings (SSSR count). The Morgan fingerprint density at radius 3 is 2.74 bits per heavy atom. The summed E-state index contributed by atoms with van der Waals surface area (Å²) in [5, 5.41) is 7.73.